The molecule has 1 aromatic carbocycles. The van der Waals surface area contributed by atoms with Gasteiger partial charge in [0.2, 0.25) is 0 Å². The van der Waals surface area contributed by atoms with Crippen LogP contribution in [-0.4, -0.2) is 78.0 Å². The van der Waals surface area contributed by atoms with Gasteiger partial charge in [0.25, 0.3) is 0 Å². The van der Waals surface area contributed by atoms with Crippen LogP contribution in [0.25, 0.3) is 0 Å². The minimum atomic E-state index is -0.965. The summed E-state index contributed by atoms with van der Waals surface area (Å²) < 4.78 is 0. The van der Waals surface area contributed by atoms with E-state index in [-0.39, 0.29) is 11.6 Å². The molecule has 0 spiro atoms. The van der Waals surface area contributed by atoms with Crippen molar-refractivity contribution in [1.29, 1.82) is 0 Å². The molecule has 4 rings (SSSR count). The van der Waals surface area contributed by atoms with E-state index in [1.54, 1.807) is 23.2 Å². The van der Waals surface area contributed by atoms with E-state index in [1.807, 2.05) is 13.1 Å². The van der Waals surface area contributed by atoms with Crippen molar-refractivity contribution in [2.45, 2.75) is 19.4 Å². The van der Waals surface area contributed by atoms with E-state index in [0.29, 0.717) is 11.5 Å². The number of aliphatic imine (C=N–C) groups is 2. The zero-order valence-corrected chi connectivity index (χ0v) is 15.0. The van der Waals surface area contributed by atoms with Crippen LogP contribution in [0.3, 0.4) is 0 Å². The fourth-order valence-electron chi connectivity index (χ4n) is 3.30. The minimum absolute atomic E-state index is 0.0978. The molecule has 0 aromatic heterocycles. The van der Waals surface area contributed by atoms with Gasteiger partial charge in [-0.25, -0.2) is 14.8 Å². The number of benzene rings is 1. The Balaban J connectivity index is 1.82. The number of rotatable bonds is 1. The van der Waals surface area contributed by atoms with Crippen LogP contribution >= 0.6 is 0 Å². The predicted octanol–water partition coefficient (Wildman–Crippen LogP) is 1.66. The largest absolute Gasteiger partial charge is 0.478 e. The van der Waals surface area contributed by atoms with Crippen molar-refractivity contribution >= 4 is 35.2 Å². The number of hydrogen-bond acceptors (Lipinski definition) is 7. The summed E-state index contributed by atoms with van der Waals surface area (Å²) in [6.45, 7) is 5.74. The van der Waals surface area contributed by atoms with Gasteiger partial charge in [-0.1, -0.05) is 0 Å². The molecular weight excluding hydrogens is 332 g/mol. The molecule has 1 saturated heterocycles. The van der Waals surface area contributed by atoms with Gasteiger partial charge in [0, 0.05) is 38.8 Å². The van der Waals surface area contributed by atoms with Crippen molar-refractivity contribution in [2.24, 2.45) is 15.1 Å². The first-order valence-corrected chi connectivity index (χ1v) is 8.83. The standard InChI is InChI=1S/C18H22N6O2/c1-12-5-6-19-24-15-11-13(18(25)26)3-4-14(15)21-16(17(24)20-12)23-9-7-22(2)8-10-23/h3-4,6,11-12H,5,7-10H2,1-2H3,(H,25,26). The van der Waals surface area contributed by atoms with E-state index in [0.717, 1.165) is 44.1 Å². The molecule has 26 heavy (non-hydrogen) atoms. The van der Waals surface area contributed by atoms with Crippen LogP contribution in [0.4, 0.5) is 11.4 Å². The summed E-state index contributed by atoms with van der Waals surface area (Å²) in [5.41, 5.74) is 1.59. The number of fused-ring (bicyclic) bond motifs is 3. The highest BCUT2D eigenvalue weighted by Crippen LogP contribution is 2.36. The third kappa shape index (κ3) is 2.96. The van der Waals surface area contributed by atoms with Crippen LogP contribution in [0.2, 0.25) is 0 Å². The molecule has 3 aliphatic rings. The van der Waals surface area contributed by atoms with E-state index >= 15 is 0 Å². The van der Waals surface area contributed by atoms with Gasteiger partial charge >= 0.3 is 5.97 Å². The normalized spacial score (nSPS) is 22.9. The number of piperazine rings is 1. The topological polar surface area (TPSA) is 84.1 Å². The summed E-state index contributed by atoms with van der Waals surface area (Å²) in [5.74, 6) is 0.553. The number of carboxylic acid groups (broad SMARTS) is 1. The first-order chi connectivity index (χ1) is 12.5. The third-order valence-electron chi connectivity index (χ3n) is 4.87. The fraction of sp³-hybridized carbons (Fsp3) is 0.444. The van der Waals surface area contributed by atoms with Crippen molar-refractivity contribution in [1.82, 2.24) is 9.80 Å². The first kappa shape index (κ1) is 16.7. The maximum absolute atomic E-state index is 11.4. The molecule has 0 amide bonds. The van der Waals surface area contributed by atoms with Crippen molar-refractivity contribution < 1.29 is 9.90 Å². The van der Waals surface area contributed by atoms with Crippen LogP contribution in [0.1, 0.15) is 23.7 Å². The molecule has 0 saturated carbocycles. The summed E-state index contributed by atoms with van der Waals surface area (Å²) >= 11 is 0. The lowest BCUT2D eigenvalue weighted by Gasteiger charge is -2.38. The zero-order valence-electron chi connectivity index (χ0n) is 15.0. The van der Waals surface area contributed by atoms with Gasteiger partial charge in [-0.05, 0) is 32.2 Å². The summed E-state index contributed by atoms with van der Waals surface area (Å²) in [7, 11) is 2.12. The van der Waals surface area contributed by atoms with Crippen molar-refractivity contribution in [3.8, 4) is 0 Å². The van der Waals surface area contributed by atoms with Crippen molar-refractivity contribution in [3.63, 3.8) is 0 Å². The number of likely N-dealkylation sites (N-methyl/N-ethyl adjacent to an activating group) is 1. The van der Waals surface area contributed by atoms with Crippen LogP contribution in [0.15, 0.2) is 33.3 Å². The van der Waals surface area contributed by atoms with E-state index in [2.05, 4.69) is 21.9 Å². The molecule has 1 fully saturated rings. The molecule has 1 aromatic rings. The SMILES string of the molecule is CC1CC=NN2C(=N1)C(N1CCN(C)CC1)=Nc1ccc(C(=O)O)cc12. The van der Waals surface area contributed by atoms with Crippen LogP contribution in [0, 0.1) is 0 Å². The van der Waals surface area contributed by atoms with Crippen molar-refractivity contribution in [3.05, 3.63) is 23.8 Å². The number of hydrazone groups is 1. The zero-order chi connectivity index (χ0) is 18.3. The van der Waals surface area contributed by atoms with Crippen LogP contribution in [0.5, 0.6) is 0 Å². The van der Waals surface area contributed by atoms with Gasteiger partial charge in [0.15, 0.2) is 11.7 Å². The maximum Gasteiger partial charge on any atom is 0.335 e. The number of nitrogens with zero attached hydrogens (tertiary/aromatic N) is 6. The molecular formula is C18H22N6O2. The fourth-order valence-corrected chi connectivity index (χ4v) is 3.30. The number of carbonyl (C=O) groups is 1. The van der Waals surface area contributed by atoms with Crippen LogP contribution < -0.4 is 5.01 Å². The van der Waals surface area contributed by atoms with Gasteiger partial charge in [-0.15, -0.1) is 0 Å². The Hall–Kier alpha value is -2.74. The summed E-state index contributed by atoms with van der Waals surface area (Å²) in [6, 6.07) is 5.04. The van der Waals surface area contributed by atoms with E-state index in [9.17, 15) is 9.90 Å². The Labute approximate surface area is 152 Å². The molecule has 8 heteroatoms. The highest BCUT2D eigenvalue weighted by atomic mass is 16.4. The van der Waals surface area contributed by atoms with Crippen molar-refractivity contribution in [2.75, 3.05) is 38.2 Å². The molecule has 0 radical (unpaired) electrons. The van der Waals surface area contributed by atoms with Gasteiger partial charge < -0.3 is 14.9 Å². The number of anilines is 1. The average Bonchev–Trinajstić information content (AvgIpc) is 2.82. The predicted molar refractivity (Wildman–Crippen MR) is 102 cm³/mol. The van der Waals surface area contributed by atoms with E-state index < -0.39 is 5.97 Å². The molecule has 0 bridgehead atoms. The lowest BCUT2D eigenvalue weighted by Crippen LogP contribution is -2.52. The maximum atomic E-state index is 11.4. The Morgan fingerprint density at radius 2 is 1.96 bits per heavy atom. The molecule has 8 nitrogen and oxygen atoms in total. The second kappa shape index (κ2) is 6.53. The van der Waals surface area contributed by atoms with Gasteiger partial charge in [0.1, 0.15) is 0 Å². The second-order valence-corrected chi connectivity index (χ2v) is 6.88. The Bertz CT molecular complexity index is 823. The summed E-state index contributed by atoms with van der Waals surface area (Å²) in [5, 5.41) is 15.6. The number of aromatic carboxylic acids is 1. The van der Waals surface area contributed by atoms with E-state index in [1.165, 1.54) is 0 Å². The van der Waals surface area contributed by atoms with Gasteiger partial charge in [-0.2, -0.15) is 5.10 Å². The molecule has 3 aliphatic heterocycles. The summed E-state index contributed by atoms with van der Waals surface area (Å²) in [4.78, 5) is 25.6. The lowest BCUT2D eigenvalue weighted by molar-refractivity contribution is 0.0697. The van der Waals surface area contributed by atoms with Crippen LogP contribution in [-0.2, 0) is 0 Å². The molecule has 1 N–H and O–H groups in total. The Kier molecular flexibility index (Phi) is 4.20. The third-order valence-corrected chi connectivity index (χ3v) is 4.87. The molecule has 1 atom stereocenters. The number of carboxylic acids is 1. The minimum Gasteiger partial charge on any atom is -0.478 e. The smallest absolute Gasteiger partial charge is 0.335 e. The van der Waals surface area contributed by atoms with Gasteiger partial charge in [-0.3, -0.25) is 4.99 Å². The monoisotopic (exact) mass is 354 g/mol. The Morgan fingerprint density at radius 3 is 2.69 bits per heavy atom. The number of amidine groups is 2. The molecule has 136 valence electrons. The quantitative estimate of drug-likeness (QED) is 0.829. The highest BCUT2D eigenvalue weighted by Gasteiger charge is 2.33. The number of hydrogen-bond donors (Lipinski definition) is 1. The van der Waals surface area contributed by atoms with E-state index in [4.69, 9.17) is 9.98 Å². The van der Waals surface area contributed by atoms with Gasteiger partial charge in [0.05, 0.1) is 23.0 Å². The molecule has 3 heterocycles. The molecule has 0 aliphatic carbocycles. The highest BCUT2D eigenvalue weighted by molar-refractivity contribution is 6.47. The first-order valence-electron chi connectivity index (χ1n) is 8.83. The second-order valence-electron chi connectivity index (χ2n) is 6.88. The molecule has 1 unspecified atom stereocenters. The average molecular weight is 354 g/mol. The Morgan fingerprint density at radius 1 is 1.19 bits per heavy atom. The summed E-state index contributed by atoms with van der Waals surface area (Å²) in [6.07, 6.45) is 2.58. The lowest BCUT2D eigenvalue weighted by atomic mass is 10.1.